The maximum atomic E-state index is 5.38. The first kappa shape index (κ1) is 12.4. The summed E-state index contributed by atoms with van der Waals surface area (Å²) in [5.41, 5.74) is 2.00. The molecule has 0 fully saturated rings. The number of aromatic nitrogens is 3. The van der Waals surface area contributed by atoms with E-state index in [4.69, 9.17) is 6.42 Å². The standard InChI is InChI=1S/C14H18N4/c1-6-10(2)16-13-11-9-12(14(3,4)5)17-18(11)8-7-15-13/h1,7-10H,2-5H3,(H,15,16). The van der Waals surface area contributed by atoms with Gasteiger partial charge < -0.3 is 5.32 Å². The predicted octanol–water partition coefficient (Wildman–Crippen LogP) is 2.46. The molecular formula is C14H18N4. The minimum Gasteiger partial charge on any atom is -0.355 e. The van der Waals surface area contributed by atoms with Crippen LogP contribution in [0.2, 0.25) is 0 Å². The fraction of sp³-hybridized carbons (Fsp3) is 0.429. The van der Waals surface area contributed by atoms with E-state index in [9.17, 15) is 0 Å². The summed E-state index contributed by atoms with van der Waals surface area (Å²) in [6, 6.07) is 2.00. The predicted molar refractivity (Wildman–Crippen MR) is 73.6 cm³/mol. The minimum atomic E-state index is -0.0586. The average molecular weight is 242 g/mol. The van der Waals surface area contributed by atoms with Gasteiger partial charge in [-0.1, -0.05) is 26.7 Å². The van der Waals surface area contributed by atoms with E-state index in [0.717, 1.165) is 17.0 Å². The summed E-state index contributed by atoms with van der Waals surface area (Å²) in [6.07, 6.45) is 8.94. The Hall–Kier alpha value is -2.02. The van der Waals surface area contributed by atoms with Gasteiger partial charge in [-0.3, -0.25) is 0 Å². The van der Waals surface area contributed by atoms with Crippen molar-refractivity contribution in [2.75, 3.05) is 5.32 Å². The molecule has 2 heterocycles. The number of hydrogen-bond donors (Lipinski definition) is 1. The van der Waals surface area contributed by atoms with Crippen LogP contribution in [0, 0.1) is 12.3 Å². The lowest BCUT2D eigenvalue weighted by molar-refractivity contribution is 0.562. The number of anilines is 1. The molecule has 0 bridgehead atoms. The summed E-state index contributed by atoms with van der Waals surface area (Å²) >= 11 is 0. The van der Waals surface area contributed by atoms with Crippen LogP contribution in [-0.2, 0) is 5.41 Å². The first-order valence-corrected chi connectivity index (χ1v) is 5.99. The monoisotopic (exact) mass is 242 g/mol. The molecule has 0 aromatic carbocycles. The molecule has 0 aliphatic heterocycles. The highest BCUT2D eigenvalue weighted by atomic mass is 15.2. The molecule has 2 aromatic heterocycles. The van der Waals surface area contributed by atoms with Crippen LogP contribution in [0.4, 0.5) is 5.82 Å². The van der Waals surface area contributed by atoms with Gasteiger partial charge in [0, 0.05) is 17.8 Å². The van der Waals surface area contributed by atoms with Gasteiger partial charge >= 0.3 is 0 Å². The van der Waals surface area contributed by atoms with Crippen LogP contribution in [0.15, 0.2) is 18.5 Å². The largest absolute Gasteiger partial charge is 0.355 e. The minimum absolute atomic E-state index is 0.0149. The Morgan fingerprint density at radius 3 is 2.78 bits per heavy atom. The number of rotatable bonds is 2. The van der Waals surface area contributed by atoms with Gasteiger partial charge in [-0.25, -0.2) is 9.50 Å². The molecule has 0 saturated heterocycles. The number of nitrogens with one attached hydrogen (secondary N) is 1. The Balaban J connectivity index is 2.50. The third kappa shape index (κ3) is 2.30. The van der Waals surface area contributed by atoms with Crippen molar-refractivity contribution in [1.29, 1.82) is 0 Å². The third-order valence-electron chi connectivity index (χ3n) is 2.76. The quantitative estimate of drug-likeness (QED) is 0.823. The van der Waals surface area contributed by atoms with Crippen molar-refractivity contribution in [2.45, 2.75) is 39.2 Å². The molecule has 0 aliphatic carbocycles. The van der Waals surface area contributed by atoms with Gasteiger partial charge in [-0.2, -0.15) is 5.10 Å². The van der Waals surface area contributed by atoms with Crippen LogP contribution in [0.3, 0.4) is 0 Å². The first-order valence-electron chi connectivity index (χ1n) is 5.99. The van der Waals surface area contributed by atoms with Crippen molar-refractivity contribution < 1.29 is 0 Å². The second-order valence-electron chi connectivity index (χ2n) is 5.42. The van der Waals surface area contributed by atoms with Gasteiger partial charge in [-0.15, -0.1) is 6.42 Å². The lowest BCUT2D eigenvalue weighted by Crippen LogP contribution is -2.13. The Morgan fingerprint density at radius 2 is 2.17 bits per heavy atom. The Bertz CT molecular complexity index is 598. The molecule has 1 N–H and O–H groups in total. The summed E-state index contributed by atoms with van der Waals surface area (Å²) in [4.78, 5) is 4.32. The number of nitrogens with zero attached hydrogens (tertiary/aromatic N) is 3. The molecule has 4 heteroatoms. The molecule has 1 atom stereocenters. The molecular weight excluding hydrogens is 224 g/mol. The van der Waals surface area contributed by atoms with E-state index in [-0.39, 0.29) is 11.5 Å². The number of fused-ring (bicyclic) bond motifs is 1. The summed E-state index contributed by atoms with van der Waals surface area (Å²) in [6.45, 7) is 8.34. The lowest BCUT2D eigenvalue weighted by Gasteiger charge is -2.13. The zero-order valence-electron chi connectivity index (χ0n) is 11.2. The highest BCUT2D eigenvalue weighted by Gasteiger charge is 2.19. The van der Waals surface area contributed by atoms with Crippen molar-refractivity contribution in [1.82, 2.24) is 14.6 Å². The topological polar surface area (TPSA) is 42.2 Å². The van der Waals surface area contributed by atoms with Gasteiger partial charge in [0.2, 0.25) is 0 Å². The number of terminal acetylenes is 1. The Morgan fingerprint density at radius 1 is 1.44 bits per heavy atom. The Labute approximate surface area is 107 Å². The molecule has 0 amide bonds. The maximum absolute atomic E-state index is 5.38. The SMILES string of the molecule is C#CC(C)Nc1nccn2nc(C(C)(C)C)cc12. The molecule has 0 saturated carbocycles. The molecule has 18 heavy (non-hydrogen) atoms. The van der Waals surface area contributed by atoms with Crippen LogP contribution >= 0.6 is 0 Å². The van der Waals surface area contributed by atoms with E-state index in [1.165, 1.54) is 0 Å². The molecule has 94 valence electrons. The van der Waals surface area contributed by atoms with Gasteiger partial charge in [-0.05, 0) is 13.0 Å². The average Bonchev–Trinajstić information content (AvgIpc) is 2.73. The van der Waals surface area contributed by atoms with Gasteiger partial charge in [0.05, 0.1) is 11.7 Å². The number of hydrogen-bond acceptors (Lipinski definition) is 3. The molecule has 0 spiro atoms. The van der Waals surface area contributed by atoms with E-state index >= 15 is 0 Å². The summed E-state index contributed by atoms with van der Waals surface area (Å²) in [5, 5.41) is 7.75. The summed E-state index contributed by atoms with van der Waals surface area (Å²) < 4.78 is 1.83. The smallest absolute Gasteiger partial charge is 0.153 e. The highest BCUT2D eigenvalue weighted by Crippen LogP contribution is 2.24. The maximum Gasteiger partial charge on any atom is 0.153 e. The molecule has 2 rings (SSSR count). The van der Waals surface area contributed by atoms with Gasteiger partial charge in [0.25, 0.3) is 0 Å². The van der Waals surface area contributed by atoms with E-state index in [0.29, 0.717) is 0 Å². The summed E-state index contributed by atoms with van der Waals surface area (Å²) in [7, 11) is 0. The second kappa shape index (κ2) is 4.34. The zero-order valence-corrected chi connectivity index (χ0v) is 11.2. The van der Waals surface area contributed by atoms with Crippen LogP contribution < -0.4 is 5.32 Å². The fourth-order valence-electron chi connectivity index (χ4n) is 1.65. The molecule has 0 aliphatic rings. The van der Waals surface area contributed by atoms with E-state index in [1.54, 1.807) is 6.20 Å². The van der Waals surface area contributed by atoms with Gasteiger partial charge in [0.1, 0.15) is 5.52 Å². The van der Waals surface area contributed by atoms with Crippen LogP contribution in [0.25, 0.3) is 5.52 Å². The molecule has 2 aromatic rings. The zero-order chi connectivity index (χ0) is 13.3. The van der Waals surface area contributed by atoms with Crippen LogP contribution in [-0.4, -0.2) is 20.6 Å². The van der Waals surface area contributed by atoms with Crippen molar-refractivity contribution >= 4 is 11.3 Å². The van der Waals surface area contributed by atoms with E-state index in [1.807, 2.05) is 17.6 Å². The second-order valence-corrected chi connectivity index (χ2v) is 5.42. The van der Waals surface area contributed by atoms with Crippen molar-refractivity contribution in [2.24, 2.45) is 0 Å². The van der Waals surface area contributed by atoms with Crippen molar-refractivity contribution in [3.05, 3.63) is 24.2 Å². The van der Waals surface area contributed by atoms with Crippen LogP contribution in [0.5, 0.6) is 0 Å². The first-order chi connectivity index (χ1) is 8.41. The normalized spacial score (nSPS) is 13.3. The van der Waals surface area contributed by atoms with E-state index < -0.39 is 0 Å². The van der Waals surface area contributed by atoms with E-state index in [2.05, 4.69) is 48.2 Å². The van der Waals surface area contributed by atoms with Crippen molar-refractivity contribution in [3.8, 4) is 12.3 Å². The highest BCUT2D eigenvalue weighted by molar-refractivity contribution is 5.68. The summed E-state index contributed by atoms with van der Waals surface area (Å²) in [5.74, 6) is 3.40. The Kier molecular flexibility index (Phi) is 3.00. The molecule has 4 nitrogen and oxygen atoms in total. The van der Waals surface area contributed by atoms with Crippen molar-refractivity contribution in [3.63, 3.8) is 0 Å². The van der Waals surface area contributed by atoms with Crippen LogP contribution in [0.1, 0.15) is 33.4 Å². The molecule has 0 radical (unpaired) electrons. The third-order valence-corrected chi connectivity index (χ3v) is 2.76. The van der Waals surface area contributed by atoms with Gasteiger partial charge in [0.15, 0.2) is 5.82 Å². The molecule has 1 unspecified atom stereocenters. The lowest BCUT2D eigenvalue weighted by atomic mass is 9.92. The fourth-order valence-corrected chi connectivity index (χ4v) is 1.65.